The lowest BCUT2D eigenvalue weighted by Crippen LogP contribution is -2.61. The molecule has 1 aliphatic heterocycles. The van der Waals surface area contributed by atoms with Crippen molar-refractivity contribution >= 4 is 11.6 Å². The van der Waals surface area contributed by atoms with Crippen LogP contribution in [0.3, 0.4) is 0 Å². The highest BCUT2D eigenvalue weighted by Crippen LogP contribution is 2.23. The van der Waals surface area contributed by atoms with E-state index in [1.165, 1.54) is 18.4 Å². The number of piperazine rings is 1. The second kappa shape index (κ2) is 6.25. The summed E-state index contributed by atoms with van der Waals surface area (Å²) >= 11 is 6.08. The first kappa shape index (κ1) is 14.8. The van der Waals surface area contributed by atoms with Gasteiger partial charge in [-0.15, -0.1) is 0 Å². The topological polar surface area (TPSA) is 15.3 Å². The van der Waals surface area contributed by atoms with Gasteiger partial charge >= 0.3 is 0 Å². The first-order valence-corrected chi connectivity index (χ1v) is 7.62. The van der Waals surface area contributed by atoms with Crippen LogP contribution in [-0.4, -0.2) is 29.6 Å². The fourth-order valence-electron chi connectivity index (χ4n) is 2.76. The SMILES string of the molecule is CCCC1CN(Cc2cccc(Cl)c2)C(C)(C)CN1. The van der Waals surface area contributed by atoms with E-state index in [0.29, 0.717) is 6.04 Å². The lowest BCUT2D eigenvalue weighted by Gasteiger charge is -2.46. The summed E-state index contributed by atoms with van der Waals surface area (Å²) in [6.07, 6.45) is 2.49. The molecule has 0 bridgehead atoms. The van der Waals surface area contributed by atoms with Crippen LogP contribution in [0.2, 0.25) is 5.02 Å². The Bertz CT molecular complexity index is 417. The third-order valence-electron chi connectivity index (χ3n) is 4.02. The first-order chi connectivity index (χ1) is 9.01. The maximum atomic E-state index is 6.08. The monoisotopic (exact) mass is 280 g/mol. The lowest BCUT2D eigenvalue weighted by molar-refractivity contribution is 0.0564. The van der Waals surface area contributed by atoms with E-state index in [4.69, 9.17) is 11.6 Å². The van der Waals surface area contributed by atoms with Crippen LogP contribution in [0.15, 0.2) is 24.3 Å². The Hall–Kier alpha value is -0.570. The van der Waals surface area contributed by atoms with E-state index < -0.39 is 0 Å². The molecule has 0 amide bonds. The molecular weight excluding hydrogens is 256 g/mol. The molecule has 1 aromatic rings. The van der Waals surface area contributed by atoms with E-state index in [1.807, 2.05) is 12.1 Å². The van der Waals surface area contributed by atoms with Crippen LogP contribution in [0.1, 0.15) is 39.2 Å². The number of halogens is 1. The van der Waals surface area contributed by atoms with Crippen LogP contribution in [0.25, 0.3) is 0 Å². The van der Waals surface area contributed by atoms with Crippen molar-refractivity contribution in [2.24, 2.45) is 0 Å². The molecule has 0 spiro atoms. The van der Waals surface area contributed by atoms with Gasteiger partial charge in [0, 0.05) is 36.2 Å². The fraction of sp³-hybridized carbons (Fsp3) is 0.625. The number of benzene rings is 1. The molecular formula is C16H25ClN2. The Balaban J connectivity index is 2.06. The second-order valence-electron chi connectivity index (χ2n) is 6.19. The molecule has 1 atom stereocenters. The Morgan fingerprint density at radius 3 is 2.89 bits per heavy atom. The Morgan fingerprint density at radius 1 is 1.42 bits per heavy atom. The molecule has 1 heterocycles. The van der Waals surface area contributed by atoms with E-state index in [1.54, 1.807) is 0 Å². The normalized spacial score (nSPS) is 23.5. The van der Waals surface area contributed by atoms with Crippen molar-refractivity contribution in [2.45, 2.75) is 51.7 Å². The van der Waals surface area contributed by atoms with Crippen molar-refractivity contribution in [1.29, 1.82) is 0 Å². The summed E-state index contributed by atoms with van der Waals surface area (Å²) in [5.41, 5.74) is 1.50. The molecule has 0 radical (unpaired) electrons. The summed E-state index contributed by atoms with van der Waals surface area (Å²) in [7, 11) is 0. The van der Waals surface area contributed by atoms with Gasteiger partial charge in [0.25, 0.3) is 0 Å². The number of hydrogen-bond acceptors (Lipinski definition) is 2. The predicted molar refractivity (Wildman–Crippen MR) is 82.6 cm³/mol. The van der Waals surface area contributed by atoms with Crippen LogP contribution < -0.4 is 5.32 Å². The number of rotatable bonds is 4. The second-order valence-corrected chi connectivity index (χ2v) is 6.63. The summed E-state index contributed by atoms with van der Waals surface area (Å²) in [4.78, 5) is 2.58. The summed E-state index contributed by atoms with van der Waals surface area (Å²) < 4.78 is 0. The summed E-state index contributed by atoms with van der Waals surface area (Å²) in [6.45, 7) is 10.0. The first-order valence-electron chi connectivity index (χ1n) is 7.24. The molecule has 1 N–H and O–H groups in total. The van der Waals surface area contributed by atoms with E-state index in [9.17, 15) is 0 Å². The minimum atomic E-state index is 0.201. The number of nitrogens with one attached hydrogen (secondary N) is 1. The Morgan fingerprint density at radius 2 is 2.21 bits per heavy atom. The average Bonchev–Trinajstić information content (AvgIpc) is 2.34. The maximum absolute atomic E-state index is 6.08. The largest absolute Gasteiger partial charge is 0.311 e. The highest BCUT2D eigenvalue weighted by molar-refractivity contribution is 6.30. The molecule has 1 fully saturated rings. The third-order valence-corrected chi connectivity index (χ3v) is 4.25. The highest BCUT2D eigenvalue weighted by atomic mass is 35.5. The summed E-state index contributed by atoms with van der Waals surface area (Å²) in [5.74, 6) is 0. The van der Waals surface area contributed by atoms with E-state index >= 15 is 0 Å². The molecule has 0 aromatic heterocycles. The number of nitrogens with zero attached hydrogens (tertiary/aromatic N) is 1. The van der Waals surface area contributed by atoms with Crippen molar-refractivity contribution in [3.8, 4) is 0 Å². The van der Waals surface area contributed by atoms with Gasteiger partial charge < -0.3 is 5.32 Å². The van der Waals surface area contributed by atoms with Gasteiger partial charge in [0.15, 0.2) is 0 Å². The van der Waals surface area contributed by atoms with Crippen molar-refractivity contribution in [2.75, 3.05) is 13.1 Å². The van der Waals surface area contributed by atoms with Crippen LogP contribution in [-0.2, 0) is 6.54 Å². The van der Waals surface area contributed by atoms with Crippen molar-refractivity contribution in [3.63, 3.8) is 0 Å². The van der Waals surface area contributed by atoms with E-state index in [2.05, 4.69) is 43.1 Å². The molecule has 2 nitrogen and oxygen atoms in total. The van der Waals surface area contributed by atoms with Gasteiger partial charge in [-0.05, 0) is 38.0 Å². The molecule has 1 aromatic carbocycles. The van der Waals surface area contributed by atoms with Crippen LogP contribution in [0.5, 0.6) is 0 Å². The number of hydrogen-bond donors (Lipinski definition) is 1. The molecule has 3 heteroatoms. The molecule has 106 valence electrons. The molecule has 1 unspecified atom stereocenters. The van der Waals surface area contributed by atoms with Crippen LogP contribution in [0, 0.1) is 0 Å². The van der Waals surface area contributed by atoms with Crippen LogP contribution >= 0.6 is 11.6 Å². The third kappa shape index (κ3) is 3.95. The van der Waals surface area contributed by atoms with Gasteiger partial charge in [0.2, 0.25) is 0 Å². The average molecular weight is 281 g/mol. The minimum absolute atomic E-state index is 0.201. The summed E-state index contributed by atoms with van der Waals surface area (Å²) in [5, 5.41) is 4.50. The smallest absolute Gasteiger partial charge is 0.0409 e. The lowest BCUT2D eigenvalue weighted by atomic mass is 9.95. The quantitative estimate of drug-likeness (QED) is 0.905. The van der Waals surface area contributed by atoms with Gasteiger partial charge in [-0.2, -0.15) is 0 Å². The Labute approximate surface area is 122 Å². The van der Waals surface area contributed by atoms with Gasteiger partial charge in [-0.3, -0.25) is 4.90 Å². The molecule has 0 saturated carbocycles. The minimum Gasteiger partial charge on any atom is -0.311 e. The molecule has 19 heavy (non-hydrogen) atoms. The molecule has 1 aliphatic rings. The zero-order valence-corrected chi connectivity index (χ0v) is 13.0. The van der Waals surface area contributed by atoms with Gasteiger partial charge in [-0.25, -0.2) is 0 Å². The highest BCUT2D eigenvalue weighted by Gasteiger charge is 2.33. The fourth-order valence-corrected chi connectivity index (χ4v) is 2.97. The van der Waals surface area contributed by atoms with Gasteiger partial charge in [-0.1, -0.05) is 37.1 Å². The molecule has 2 rings (SSSR count). The van der Waals surface area contributed by atoms with Crippen molar-refractivity contribution in [1.82, 2.24) is 10.2 Å². The van der Waals surface area contributed by atoms with E-state index in [-0.39, 0.29) is 5.54 Å². The van der Waals surface area contributed by atoms with Gasteiger partial charge in [0.05, 0.1) is 0 Å². The predicted octanol–water partition coefficient (Wildman–Crippen LogP) is 3.69. The Kier molecular flexibility index (Phi) is 4.88. The summed E-state index contributed by atoms with van der Waals surface area (Å²) in [6, 6.07) is 8.84. The van der Waals surface area contributed by atoms with Crippen molar-refractivity contribution < 1.29 is 0 Å². The maximum Gasteiger partial charge on any atom is 0.0409 e. The van der Waals surface area contributed by atoms with Crippen molar-refractivity contribution in [3.05, 3.63) is 34.9 Å². The zero-order chi connectivity index (χ0) is 13.9. The van der Waals surface area contributed by atoms with Crippen LogP contribution in [0.4, 0.5) is 0 Å². The molecule has 1 saturated heterocycles. The zero-order valence-electron chi connectivity index (χ0n) is 12.2. The molecule has 0 aliphatic carbocycles. The van der Waals surface area contributed by atoms with E-state index in [0.717, 1.165) is 24.7 Å². The van der Waals surface area contributed by atoms with Gasteiger partial charge in [0.1, 0.15) is 0 Å². The standard InChI is InChI=1S/C16H25ClN2/c1-4-6-15-11-19(16(2,3)12-18-15)10-13-7-5-8-14(17)9-13/h5,7-9,15,18H,4,6,10-12H2,1-3H3.